The van der Waals surface area contributed by atoms with E-state index < -0.39 is 102 Å². The van der Waals surface area contributed by atoms with E-state index in [0.29, 0.717) is 6.42 Å². The molecule has 3 fully saturated rings. The van der Waals surface area contributed by atoms with Crippen LogP contribution in [0.5, 0.6) is 0 Å². The van der Waals surface area contributed by atoms with Gasteiger partial charge < -0.3 is 58.5 Å². The Kier molecular flexibility index (Phi) is 17.2. The van der Waals surface area contributed by atoms with Gasteiger partial charge >= 0.3 is 5.97 Å². The number of rotatable bonds is 8. The Hall–Kier alpha value is -1.01. The summed E-state index contributed by atoms with van der Waals surface area (Å²) in [6, 6.07) is -0.283. The van der Waals surface area contributed by atoms with Gasteiger partial charge in [-0.05, 0) is 74.9 Å². The number of hydrogen-bond donors (Lipinski definition) is 4. The number of aliphatic hydroxyl groups excluding tert-OH is 3. The van der Waals surface area contributed by atoms with Crippen molar-refractivity contribution < 1.29 is 63.2 Å². The molecule has 312 valence electrons. The fraction of sp³-hybridized carbons (Fsp3) is 0.947. The van der Waals surface area contributed by atoms with E-state index in [1.165, 1.54) is 21.1 Å². The molecule has 8 unspecified atom stereocenters. The Bertz CT molecular complexity index is 1190. The molecule has 0 saturated carbocycles. The lowest BCUT2D eigenvalue weighted by Gasteiger charge is -2.50. The van der Waals surface area contributed by atoms with Crippen molar-refractivity contribution in [3.8, 4) is 0 Å². The molecule has 3 aliphatic heterocycles. The van der Waals surface area contributed by atoms with Crippen LogP contribution in [0.2, 0.25) is 0 Å². The maximum Gasteiger partial charge on any atom is 0.311 e. The Balaban J connectivity index is 0.00000972. The molecule has 15 heteroatoms. The summed E-state index contributed by atoms with van der Waals surface area (Å²) >= 11 is 0. The number of cyclic esters (lactones) is 1. The molecule has 0 aromatic heterocycles. The summed E-state index contributed by atoms with van der Waals surface area (Å²) in [7, 11) is 6.77. The first-order chi connectivity index (χ1) is 24.0. The molecule has 3 rings (SSSR count). The highest BCUT2D eigenvalue weighted by Gasteiger charge is 2.54. The van der Waals surface area contributed by atoms with Gasteiger partial charge in [-0.15, -0.1) is 12.4 Å². The number of likely N-dealkylation sites (N-methyl/N-ethyl adjacent to an activating group) is 1. The zero-order valence-electron chi connectivity index (χ0n) is 34.3. The average Bonchev–Trinajstić information content (AvgIpc) is 3.09. The second-order valence-electron chi connectivity index (χ2n) is 16.6. The summed E-state index contributed by atoms with van der Waals surface area (Å²) in [4.78, 5) is 30.1. The predicted molar refractivity (Wildman–Crippen MR) is 198 cm³/mol. The smallest absolute Gasteiger partial charge is 0.311 e. The maximum atomic E-state index is 14.2. The number of esters is 1. The predicted octanol–water partition coefficient (Wildman–Crippen LogP) is 2.86. The fourth-order valence-electron chi connectivity index (χ4n) is 8.58. The van der Waals surface area contributed by atoms with E-state index in [1.807, 2.05) is 32.8 Å². The van der Waals surface area contributed by atoms with Gasteiger partial charge in [0.15, 0.2) is 12.6 Å². The molecule has 3 heterocycles. The molecule has 18 atom stereocenters. The molecule has 53 heavy (non-hydrogen) atoms. The van der Waals surface area contributed by atoms with E-state index >= 15 is 0 Å². The zero-order valence-corrected chi connectivity index (χ0v) is 35.1. The highest BCUT2D eigenvalue weighted by Crippen LogP contribution is 2.41. The highest BCUT2D eigenvalue weighted by atomic mass is 35.5. The van der Waals surface area contributed by atoms with Crippen LogP contribution in [0.15, 0.2) is 0 Å². The molecule has 3 aliphatic rings. The van der Waals surface area contributed by atoms with Gasteiger partial charge in [0, 0.05) is 44.4 Å². The minimum Gasteiger partial charge on any atom is -0.459 e. The van der Waals surface area contributed by atoms with Crippen molar-refractivity contribution in [2.45, 2.75) is 179 Å². The summed E-state index contributed by atoms with van der Waals surface area (Å²) in [5.74, 6) is -4.47. The van der Waals surface area contributed by atoms with Crippen molar-refractivity contribution in [2.24, 2.45) is 23.7 Å². The number of halogens is 1. The van der Waals surface area contributed by atoms with E-state index in [0.717, 1.165) is 0 Å². The molecule has 0 aromatic carbocycles. The van der Waals surface area contributed by atoms with Crippen LogP contribution in [0.1, 0.15) is 94.9 Å². The summed E-state index contributed by atoms with van der Waals surface area (Å²) in [5, 5.41) is 45.6. The molecule has 0 aromatic rings. The summed E-state index contributed by atoms with van der Waals surface area (Å²) in [6.07, 6.45) is -8.73. The topological polar surface area (TPSA) is 183 Å². The Morgan fingerprint density at radius 2 is 1.43 bits per heavy atom. The van der Waals surface area contributed by atoms with E-state index in [-0.39, 0.29) is 49.6 Å². The van der Waals surface area contributed by atoms with Gasteiger partial charge in [-0.1, -0.05) is 27.7 Å². The van der Waals surface area contributed by atoms with Crippen LogP contribution in [0.3, 0.4) is 0 Å². The van der Waals surface area contributed by atoms with Crippen molar-refractivity contribution in [1.29, 1.82) is 0 Å². The van der Waals surface area contributed by atoms with Crippen molar-refractivity contribution in [3.05, 3.63) is 0 Å². The first kappa shape index (κ1) is 48.1. The molecule has 4 N–H and O–H groups in total. The first-order valence-electron chi connectivity index (χ1n) is 18.9. The van der Waals surface area contributed by atoms with Gasteiger partial charge in [0.25, 0.3) is 0 Å². The van der Waals surface area contributed by atoms with Gasteiger partial charge in [0.05, 0.1) is 47.6 Å². The van der Waals surface area contributed by atoms with Crippen molar-refractivity contribution in [3.63, 3.8) is 0 Å². The largest absolute Gasteiger partial charge is 0.459 e. The van der Waals surface area contributed by atoms with Crippen LogP contribution in [0, 0.1) is 23.7 Å². The second-order valence-corrected chi connectivity index (χ2v) is 16.6. The third-order valence-corrected chi connectivity index (χ3v) is 12.3. The number of carbonyl (C=O) groups excluding carboxylic acids is 2. The number of ketones is 1. The Morgan fingerprint density at radius 3 is 1.96 bits per heavy atom. The van der Waals surface area contributed by atoms with Gasteiger partial charge in [0.1, 0.15) is 29.7 Å². The SMILES string of the molecule is CC[C@H]1OC(=O)[C@H](C)[C@@H](OC2CC(C)(OC)C(O)C(C)O2)[C@@H](C)[C@@H](OC2OC(C)CC(N(C)C)C2O)[C@](C)(OC)C[C@@H](C)C(=O)[C@H](C)[C@@H](O)[C@]1(C)O.Cl. The van der Waals surface area contributed by atoms with Crippen LogP contribution >= 0.6 is 12.4 Å². The summed E-state index contributed by atoms with van der Waals surface area (Å²) in [6.45, 7) is 17.1. The molecular weight excluding hydrogens is 714 g/mol. The van der Waals surface area contributed by atoms with Crippen molar-refractivity contribution >= 4 is 24.2 Å². The van der Waals surface area contributed by atoms with E-state index in [4.69, 9.17) is 33.2 Å². The molecule has 3 saturated heterocycles. The third-order valence-electron chi connectivity index (χ3n) is 12.3. The van der Waals surface area contributed by atoms with Crippen LogP contribution in [-0.2, 0) is 42.7 Å². The van der Waals surface area contributed by atoms with Crippen LogP contribution in [-0.4, -0.2) is 150 Å². The lowest BCUT2D eigenvalue weighted by Crippen LogP contribution is -2.61. The van der Waals surface area contributed by atoms with Gasteiger partial charge in [0.2, 0.25) is 0 Å². The molecule has 0 aliphatic carbocycles. The molecule has 0 bridgehead atoms. The number of nitrogens with zero attached hydrogens (tertiary/aromatic N) is 1. The van der Waals surface area contributed by atoms with Crippen LogP contribution < -0.4 is 0 Å². The number of aliphatic hydroxyl groups is 4. The van der Waals surface area contributed by atoms with Crippen LogP contribution in [0.25, 0.3) is 0 Å². The fourth-order valence-corrected chi connectivity index (χ4v) is 8.58. The third kappa shape index (κ3) is 10.3. The average molecular weight is 784 g/mol. The first-order valence-corrected chi connectivity index (χ1v) is 18.9. The number of hydrogen-bond acceptors (Lipinski definition) is 14. The molecular formula is C38H70ClNO13. The second kappa shape index (κ2) is 19.0. The van der Waals surface area contributed by atoms with Crippen molar-refractivity contribution in [2.75, 3.05) is 28.3 Å². The molecule has 0 amide bonds. The Morgan fingerprint density at radius 1 is 0.849 bits per heavy atom. The molecule has 14 nitrogen and oxygen atoms in total. The zero-order chi connectivity index (χ0) is 39.7. The highest BCUT2D eigenvalue weighted by molar-refractivity contribution is 5.85. The minimum atomic E-state index is -1.96. The lowest BCUT2D eigenvalue weighted by atomic mass is 9.74. The quantitative estimate of drug-likeness (QED) is 0.264. The number of carbonyl (C=O) groups is 2. The lowest BCUT2D eigenvalue weighted by molar-refractivity contribution is -0.319. The number of methoxy groups -OCH3 is 2. The minimum absolute atomic E-state index is 0. The maximum absolute atomic E-state index is 14.2. The Labute approximate surface area is 322 Å². The summed E-state index contributed by atoms with van der Waals surface area (Å²) < 4.78 is 43.9. The monoisotopic (exact) mass is 783 g/mol. The normalized spacial score (nSPS) is 48.1. The van der Waals surface area contributed by atoms with E-state index in [9.17, 15) is 30.0 Å². The van der Waals surface area contributed by atoms with Gasteiger partial charge in [-0.25, -0.2) is 0 Å². The van der Waals surface area contributed by atoms with Gasteiger partial charge in [-0.3, -0.25) is 9.59 Å². The van der Waals surface area contributed by atoms with E-state index in [1.54, 1.807) is 48.5 Å². The number of Topliss-reactive ketones (excluding diaryl/α,β-unsaturated/α-hetero) is 1. The summed E-state index contributed by atoms with van der Waals surface area (Å²) in [5.41, 5.74) is -4.24. The molecule has 0 radical (unpaired) electrons. The number of ether oxygens (including phenoxy) is 7. The van der Waals surface area contributed by atoms with E-state index in [2.05, 4.69) is 0 Å². The molecule has 0 spiro atoms. The van der Waals surface area contributed by atoms with Gasteiger partial charge in [-0.2, -0.15) is 0 Å². The van der Waals surface area contributed by atoms with Crippen LogP contribution in [0.4, 0.5) is 0 Å². The standard InChI is InChI=1S/C38H69NO13.ClH/c1-15-26-38(10,45)31(42)21(4)28(40)19(2)17-37(9,47-14)33(52-35-29(41)25(39(11)12)16-20(3)48-35)22(5)30(23(6)34(44)50-26)51-27-18-36(8,46-13)32(43)24(7)49-27;/h19-27,29-33,35,41-43,45H,15-18H2,1-14H3;1H/t19-,20?,21+,22-,23-,24?,25?,26-,27?,29?,30+,31-,32?,33-,35?,36?,37-,38-;/m1./s1. The van der Waals surface area contributed by atoms with Crippen molar-refractivity contribution in [1.82, 2.24) is 4.90 Å².